The van der Waals surface area contributed by atoms with Crippen LogP contribution in [-0.4, -0.2) is 235 Å². The van der Waals surface area contributed by atoms with E-state index in [1.807, 2.05) is 4.90 Å². The Morgan fingerprint density at radius 1 is 0.407 bits per heavy atom. The standard InChI is InChI=1S/C17H20FNO4.C15H16FNO4.C15H15FO5.C14H16FNO5S.C14H15FO4.C13H13FO3/c18-15(12-4-2-1-3-5-12)16(21)17-13(6-7-14(20)23-17)19-8-10-22-11-9-19;1-9(18)17-11-7-8-12(19)21-15(11)14(20)13(16)10-5-3-2-4-6-10;1-9(17)20-11-7-8-12(18)21-15(11)14(19)13(16)10-5-3-2-4-6-10;1-22(19,20)16-10-7-8-11(17)21-14(10)13(18)12(15)9-5-3-2-4-6-9;1-18-10-7-8-11(16)19-14(10)13(17)12(15)9-5-3-2-4-6-9;14-12(9-5-2-1-3-6-9)13(16)10-7-4-8-11(15)17-10/h1-7,13,15-17,21H,8-11H2;2-8,11,13-15,20H,1H3,(H,17,18);2-8,11,13-15,19H,1H3;2-8,10,12-14,16,18H,1H3;2-8,10,12-14,17H,1H3;1-6,8,10,12-13,16H,7H2/t13?,15?,16?,17-;;;;;/m1...../s1. The quantitative estimate of drug-likeness (QED) is 0.0163. The van der Waals surface area contributed by atoms with Gasteiger partial charge in [0.25, 0.3) is 0 Å². The third-order valence-corrected chi connectivity index (χ3v) is 20.0. The number of cyclic esters (lactones) is 6. The van der Waals surface area contributed by atoms with E-state index in [1.54, 1.807) is 158 Å². The summed E-state index contributed by atoms with van der Waals surface area (Å²) in [7, 11) is -2.22. The smallest absolute Gasteiger partial charge is 0.331 e. The lowest BCUT2D eigenvalue weighted by Crippen LogP contribution is -2.55. The van der Waals surface area contributed by atoms with E-state index in [1.165, 1.54) is 99.9 Å². The number of hydrogen-bond acceptors (Lipinski definition) is 26. The summed E-state index contributed by atoms with van der Waals surface area (Å²) in [6.45, 7) is 4.91. The van der Waals surface area contributed by atoms with Gasteiger partial charge in [-0.3, -0.25) is 14.5 Å². The number of hydrogen-bond donors (Lipinski definition) is 8. The first-order valence-corrected chi connectivity index (χ1v) is 40.4. The van der Waals surface area contributed by atoms with Gasteiger partial charge in [0.2, 0.25) is 15.9 Å². The number of aliphatic hydroxyl groups is 6. The number of amides is 1. The fourth-order valence-electron chi connectivity index (χ4n) is 13.2. The van der Waals surface area contributed by atoms with Gasteiger partial charge >= 0.3 is 41.8 Å². The third kappa shape index (κ3) is 29.4. The van der Waals surface area contributed by atoms with Gasteiger partial charge in [0.15, 0.2) is 73.7 Å². The molecule has 1 saturated heterocycles. The molecule has 22 unspecified atom stereocenters. The van der Waals surface area contributed by atoms with E-state index in [2.05, 4.69) is 10.0 Å². The van der Waals surface area contributed by atoms with Gasteiger partial charge in [-0.15, -0.1) is 0 Å². The van der Waals surface area contributed by atoms with Gasteiger partial charge in [-0.25, -0.2) is 68.2 Å². The molecule has 35 heteroatoms. The molecule has 0 spiro atoms. The first-order valence-electron chi connectivity index (χ1n) is 38.5. The number of rotatable bonds is 24. The van der Waals surface area contributed by atoms with E-state index in [4.69, 9.17) is 42.6 Å². The molecule has 0 aliphatic carbocycles. The largest absolute Gasteiger partial charge is 0.456 e. The lowest BCUT2D eigenvalue weighted by atomic mass is 9.94. The van der Waals surface area contributed by atoms with Gasteiger partial charge in [0.05, 0.1) is 37.6 Å². The molecule has 28 nitrogen and oxygen atoms in total. The van der Waals surface area contributed by atoms with E-state index < -0.39 is 186 Å². The zero-order valence-electron chi connectivity index (χ0n) is 66.6. The average molecular weight is 1740 g/mol. The van der Waals surface area contributed by atoms with Crippen LogP contribution in [0.4, 0.5) is 26.3 Å². The van der Waals surface area contributed by atoms with Gasteiger partial charge in [0.1, 0.15) is 48.8 Å². The van der Waals surface area contributed by atoms with Crippen molar-refractivity contribution in [2.45, 2.75) is 161 Å². The summed E-state index contributed by atoms with van der Waals surface area (Å²) in [6.07, 6.45) is -10.7. The second kappa shape index (κ2) is 47.9. The fourth-order valence-corrected chi connectivity index (χ4v) is 13.9. The number of benzene rings is 6. The first-order chi connectivity index (χ1) is 58.7. The fraction of sp³-hybridized carbons (Fsp3) is 0.364. The minimum atomic E-state index is -3.62. The van der Waals surface area contributed by atoms with Crippen molar-refractivity contribution < 1.29 is 146 Å². The number of sulfonamides is 1. The van der Waals surface area contributed by atoms with E-state index in [0.29, 0.717) is 49.4 Å². The maximum atomic E-state index is 14.7. The summed E-state index contributed by atoms with van der Waals surface area (Å²) in [5, 5.41) is 63.3. The highest BCUT2D eigenvalue weighted by atomic mass is 32.2. The molecule has 13 rings (SSSR count). The van der Waals surface area contributed by atoms with Crippen LogP contribution in [0, 0.1) is 0 Å². The Balaban J connectivity index is 0.000000184. The Morgan fingerprint density at radius 2 is 0.707 bits per heavy atom. The molecular formula is C88H95F6N3O25S. The third-order valence-electron chi connectivity index (χ3n) is 19.3. The number of morpholine rings is 1. The maximum absolute atomic E-state index is 14.7. The average Bonchev–Trinajstić information content (AvgIpc) is 0.747. The number of esters is 7. The monoisotopic (exact) mass is 1740 g/mol. The molecule has 6 aromatic rings. The lowest BCUT2D eigenvalue weighted by molar-refractivity contribution is -0.174. The first kappa shape index (κ1) is 97.1. The van der Waals surface area contributed by atoms with Crippen LogP contribution < -0.4 is 10.0 Å². The second-order valence-corrected chi connectivity index (χ2v) is 30.1. The molecule has 0 bridgehead atoms. The normalized spacial score (nSPS) is 25.0. The molecule has 7 aliphatic rings. The lowest BCUT2D eigenvalue weighted by Gasteiger charge is -2.40. The molecule has 123 heavy (non-hydrogen) atoms. The summed E-state index contributed by atoms with van der Waals surface area (Å²) in [6, 6.07) is 46.8. The summed E-state index contributed by atoms with van der Waals surface area (Å²) >= 11 is 0. The Morgan fingerprint density at radius 3 is 1.07 bits per heavy atom. The summed E-state index contributed by atoms with van der Waals surface area (Å²) < 4.78 is 156. The van der Waals surface area contributed by atoms with E-state index in [9.17, 15) is 104 Å². The van der Waals surface area contributed by atoms with Crippen LogP contribution in [0.2, 0.25) is 0 Å². The number of carbonyl (C=O) groups excluding carboxylic acids is 8. The molecule has 0 radical (unpaired) electrons. The zero-order chi connectivity index (χ0) is 89.5. The second-order valence-electron chi connectivity index (χ2n) is 28.3. The van der Waals surface area contributed by atoms with Gasteiger partial charge in [0, 0.05) is 76.9 Å². The Bertz CT molecular complexity index is 4600. The number of nitrogens with one attached hydrogen (secondary N) is 2. The molecule has 23 atom stereocenters. The van der Waals surface area contributed by atoms with Crippen molar-refractivity contribution in [1.29, 1.82) is 0 Å². The highest BCUT2D eigenvalue weighted by Gasteiger charge is 2.45. The molecule has 7 aliphatic heterocycles. The van der Waals surface area contributed by atoms with Crippen LogP contribution in [0.5, 0.6) is 0 Å². The Labute approximate surface area is 704 Å². The van der Waals surface area contributed by atoms with Gasteiger partial charge in [-0.1, -0.05) is 206 Å². The van der Waals surface area contributed by atoms with Crippen molar-refractivity contribution in [3.8, 4) is 0 Å². The number of aliphatic hydroxyl groups excluding tert-OH is 6. The van der Waals surface area contributed by atoms with E-state index in [-0.39, 0.29) is 28.6 Å². The predicted molar refractivity (Wildman–Crippen MR) is 428 cm³/mol. The highest BCUT2D eigenvalue weighted by Crippen LogP contribution is 2.35. The molecule has 660 valence electrons. The number of alkyl halides is 6. The van der Waals surface area contributed by atoms with Crippen LogP contribution in [0.15, 0.2) is 255 Å². The van der Waals surface area contributed by atoms with Crippen molar-refractivity contribution in [1.82, 2.24) is 14.9 Å². The molecule has 1 fully saturated rings. The Hall–Kier alpha value is -11.4. The highest BCUT2D eigenvalue weighted by molar-refractivity contribution is 7.88. The van der Waals surface area contributed by atoms with Crippen LogP contribution in [0.25, 0.3) is 0 Å². The van der Waals surface area contributed by atoms with Crippen molar-refractivity contribution in [2.24, 2.45) is 0 Å². The minimum Gasteiger partial charge on any atom is -0.456 e. The minimum absolute atomic E-state index is 0.207. The summed E-state index contributed by atoms with van der Waals surface area (Å²) in [4.78, 5) is 91.9. The van der Waals surface area contributed by atoms with Crippen molar-refractivity contribution in [3.63, 3.8) is 0 Å². The van der Waals surface area contributed by atoms with Crippen molar-refractivity contribution >= 4 is 57.7 Å². The predicted octanol–water partition coefficient (Wildman–Crippen LogP) is 7.70. The molecule has 0 saturated carbocycles. The van der Waals surface area contributed by atoms with Crippen molar-refractivity contribution in [2.75, 3.05) is 39.7 Å². The number of nitrogens with zero attached hydrogens (tertiary/aromatic N) is 1. The Kier molecular flexibility index (Phi) is 37.8. The van der Waals surface area contributed by atoms with Gasteiger partial charge in [-0.05, 0) is 45.5 Å². The number of ether oxygens (including phenoxy) is 9. The molecule has 1 amide bonds. The van der Waals surface area contributed by atoms with E-state index in [0.717, 1.165) is 24.5 Å². The number of carbonyl (C=O) groups is 8. The van der Waals surface area contributed by atoms with Crippen LogP contribution >= 0.6 is 0 Å². The molecule has 7 heterocycles. The van der Waals surface area contributed by atoms with Crippen LogP contribution in [0.1, 0.15) is 90.7 Å². The van der Waals surface area contributed by atoms with E-state index >= 15 is 0 Å². The van der Waals surface area contributed by atoms with Crippen LogP contribution in [-0.2, 0) is 91.0 Å². The molecular weight excluding hydrogens is 1650 g/mol. The van der Waals surface area contributed by atoms with Gasteiger partial charge in [-0.2, -0.15) is 0 Å². The SMILES string of the molecule is CC(=O)NC1C=CC(=O)OC1C(O)C(F)c1ccccc1.CC(=O)OC1C=CC(=O)OC1C(O)C(F)c1ccccc1.COC1C=CC(=O)OC1C(O)C(F)c1ccccc1.CS(=O)(=O)NC1C=CC(=O)OC1C(O)C(F)c1ccccc1.O=C1C=CC(N2CCOCC2)[C@H](C(O)C(F)c2ccccc2)O1.O=C1C=CCC(C(O)C(F)c2ccccc2)O1. The zero-order valence-corrected chi connectivity index (χ0v) is 67.4. The van der Waals surface area contributed by atoms with Crippen molar-refractivity contribution in [3.05, 3.63) is 288 Å². The maximum Gasteiger partial charge on any atom is 0.331 e. The number of methoxy groups -OCH3 is 1. The molecule has 0 aromatic heterocycles. The summed E-state index contributed by atoms with van der Waals surface area (Å²) in [5.74, 6) is -4.86. The van der Waals surface area contributed by atoms with Crippen LogP contribution in [0.3, 0.4) is 0 Å². The molecule has 8 N–H and O–H groups in total. The summed E-state index contributed by atoms with van der Waals surface area (Å²) in [5.41, 5.74) is 1.81. The number of halogens is 6. The van der Waals surface area contributed by atoms with Gasteiger partial charge < -0.3 is 78.6 Å². The molecule has 6 aromatic carbocycles. The topological polar surface area (TPSA) is 402 Å².